The summed E-state index contributed by atoms with van der Waals surface area (Å²) in [6, 6.07) is 2.41. The van der Waals surface area contributed by atoms with Gasteiger partial charge in [0.1, 0.15) is 5.75 Å². The van der Waals surface area contributed by atoms with Gasteiger partial charge in [-0.2, -0.15) is 0 Å². The number of hydrogen-bond acceptors (Lipinski definition) is 2. The topological polar surface area (TPSA) is 21.3 Å². The van der Waals surface area contributed by atoms with Crippen LogP contribution >= 0.6 is 11.6 Å². The Morgan fingerprint density at radius 3 is 2.56 bits per heavy atom. The molecule has 1 aromatic rings. The van der Waals surface area contributed by atoms with Gasteiger partial charge in [0.2, 0.25) is 0 Å². The second-order valence-corrected chi connectivity index (χ2v) is 4.99. The first-order valence-electron chi connectivity index (χ1n) is 5.63. The zero-order chi connectivity index (χ0) is 11.9. The van der Waals surface area contributed by atoms with Crippen molar-refractivity contribution in [3.8, 4) is 5.75 Å². The van der Waals surface area contributed by atoms with Gasteiger partial charge in [-0.15, -0.1) is 0 Å². The predicted octanol–water partition coefficient (Wildman–Crippen LogP) is 3.25. The lowest BCUT2D eigenvalue weighted by atomic mass is 9.84. The third kappa shape index (κ3) is 1.70. The Balaban J connectivity index is 2.53. The van der Waals surface area contributed by atoms with Crippen molar-refractivity contribution in [1.29, 1.82) is 0 Å². The molecule has 0 aromatic heterocycles. The summed E-state index contributed by atoms with van der Waals surface area (Å²) in [7, 11) is 1.72. The quantitative estimate of drug-likeness (QED) is 0.856. The van der Waals surface area contributed by atoms with E-state index in [2.05, 4.69) is 19.2 Å². The maximum atomic E-state index is 6.30. The van der Waals surface area contributed by atoms with Crippen LogP contribution in [0.5, 0.6) is 5.75 Å². The van der Waals surface area contributed by atoms with E-state index >= 15 is 0 Å². The normalized spacial score (nSPS) is 24.1. The largest absolute Gasteiger partial charge is 0.496 e. The van der Waals surface area contributed by atoms with Crippen LogP contribution in [0.2, 0.25) is 5.02 Å². The van der Waals surface area contributed by atoms with Gasteiger partial charge in [0.05, 0.1) is 7.11 Å². The first kappa shape index (κ1) is 11.7. The van der Waals surface area contributed by atoms with Gasteiger partial charge >= 0.3 is 0 Å². The molecule has 0 amide bonds. The van der Waals surface area contributed by atoms with E-state index in [-0.39, 0.29) is 0 Å². The highest BCUT2D eigenvalue weighted by Crippen LogP contribution is 2.40. The van der Waals surface area contributed by atoms with Crippen molar-refractivity contribution >= 4 is 11.6 Å². The minimum atomic E-state index is 0.382. The fourth-order valence-corrected chi connectivity index (χ4v) is 2.51. The lowest BCUT2D eigenvalue weighted by molar-refractivity contribution is 0.249. The Kier molecular flexibility index (Phi) is 3.13. The Morgan fingerprint density at radius 1 is 1.44 bits per heavy atom. The molecular formula is C13H18ClNO. The lowest BCUT2D eigenvalue weighted by Crippen LogP contribution is -2.44. The molecule has 2 rings (SSSR count). The number of hydrogen-bond donors (Lipinski definition) is 1. The molecule has 2 nitrogen and oxygen atoms in total. The number of rotatable bonds is 2. The molecule has 2 unspecified atom stereocenters. The lowest BCUT2D eigenvalue weighted by Gasteiger charge is -2.38. The molecule has 1 aromatic carbocycles. The van der Waals surface area contributed by atoms with Gasteiger partial charge in [0.25, 0.3) is 0 Å². The van der Waals surface area contributed by atoms with E-state index in [4.69, 9.17) is 16.3 Å². The highest BCUT2D eigenvalue weighted by atomic mass is 35.5. The van der Waals surface area contributed by atoms with Crippen molar-refractivity contribution in [3.05, 3.63) is 27.8 Å². The van der Waals surface area contributed by atoms with Gasteiger partial charge < -0.3 is 10.1 Å². The second kappa shape index (κ2) is 4.27. The van der Waals surface area contributed by atoms with Crippen LogP contribution in [0.3, 0.4) is 0 Å². The van der Waals surface area contributed by atoms with Crippen LogP contribution < -0.4 is 10.1 Å². The van der Waals surface area contributed by atoms with E-state index in [1.54, 1.807) is 7.11 Å². The molecule has 1 fully saturated rings. The number of methoxy groups -OCH3 is 1. The molecule has 1 heterocycles. The molecule has 1 saturated heterocycles. The summed E-state index contributed by atoms with van der Waals surface area (Å²) in [6.07, 6.45) is 0. The maximum absolute atomic E-state index is 6.30. The Labute approximate surface area is 102 Å². The van der Waals surface area contributed by atoms with Crippen LogP contribution in [0.1, 0.15) is 29.7 Å². The monoisotopic (exact) mass is 239 g/mol. The average molecular weight is 240 g/mol. The number of aryl methyl sites for hydroxylation is 1. The molecule has 16 heavy (non-hydrogen) atoms. The summed E-state index contributed by atoms with van der Waals surface area (Å²) in [5.74, 6) is 1.59. The maximum Gasteiger partial charge on any atom is 0.124 e. The first-order chi connectivity index (χ1) is 7.56. The highest BCUT2D eigenvalue weighted by Gasteiger charge is 2.32. The molecule has 1 aliphatic heterocycles. The van der Waals surface area contributed by atoms with Crippen LogP contribution in [0.25, 0.3) is 0 Å². The van der Waals surface area contributed by atoms with Gasteiger partial charge in [0, 0.05) is 23.2 Å². The summed E-state index contributed by atoms with van der Waals surface area (Å²) in [5.41, 5.74) is 3.44. The van der Waals surface area contributed by atoms with Crippen LogP contribution in [0.15, 0.2) is 6.07 Å². The minimum absolute atomic E-state index is 0.382. The van der Waals surface area contributed by atoms with Gasteiger partial charge in [-0.25, -0.2) is 0 Å². The predicted molar refractivity (Wildman–Crippen MR) is 67.4 cm³/mol. The number of ether oxygens (including phenoxy) is 1. The second-order valence-electron chi connectivity index (χ2n) is 4.61. The van der Waals surface area contributed by atoms with Gasteiger partial charge in [-0.1, -0.05) is 18.5 Å². The van der Waals surface area contributed by atoms with E-state index in [0.717, 1.165) is 28.4 Å². The molecule has 1 N–H and O–H groups in total. The Morgan fingerprint density at radius 2 is 2.12 bits per heavy atom. The van der Waals surface area contributed by atoms with Gasteiger partial charge in [-0.3, -0.25) is 0 Å². The number of benzene rings is 1. The van der Waals surface area contributed by atoms with Crippen LogP contribution in [0, 0.1) is 19.8 Å². The molecule has 0 spiro atoms. The smallest absolute Gasteiger partial charge is 0.124 e. The average Bonchev–Trinajstić information content (AvgIpc) is 2.27. The molecule has 88 valence electrons. The fraction of sp³-hybridized carbons (Fsp3) is 0.538. The summed E-state index contributed by atoms with van der Waals surface area (Å²) in [5, 5.41) is 4.29. The highest BCUT2D eigenvalue weighted by molar-refractivity contribution is 6.32. The molecule has 3 heteroatoms. The van der Waals surface area contributed by atoms with Crippen molar-refractivity contribution in [2.45, 2.75) is 26.8 Å². The Hall–Kier alpha value is -0.730. The van der Waals surface area contributed by atoms with Gasteiger partial charge in [0.15, 0.2) is 0 Å². The van der Waals surface area contributed by atoms with Crippen LogP contribution in [-0.2, 0) is 0 Å². The summed E-state index contributed by atoms with van der Waals surface area (Å²) >= 11 is 6.30. The first-order valence-corrected chi connectivity index (χ1v) is 6.01. The zero-order valence-electron chi connectivity index (χ0n) is 10.2. The molecule has 0 saturated carbocycles. The van der Waals surface area contributed by atoms with Crippen molar-refractivity contribution in [2.75, 3.05) is 13.7 Å². The SMILES string of the molecule is COc1cc(C)c(Cl)c(C)c1C1NCC1C. The Bertz CT molecular complexity index is 417. The third-order valence-electron chi connectivity index (χ3n) is 3.45. The number of halogens is 1. The number of nitrogens with one attached hydrogen (secondary N) is 1. The summed E-state index contributed by atoms with van der Waals surface area (Å²) < 4.78 is 5.47. The third-order valence-corrected chi connectivity index (χ3v) is 4.03. The van der Waals surface area contributed by atoms with E-state index in [0.29, 0.717) is 12.0 Å². The van der Waals surface area contributed by atoms with Gasteiger partial charge in [-0.05, 0) is 37.0 Å². The van der Waals surface area contributed by atoms with E-state index in [9.17, 15) is 0 Å². The molecule has 2 atom stereocenters. The minimum Gasteiger partial charge on any atom is -0.496 e. The van der Waals surface area contributed by atoms with Crippen molar-refractivity contribution in [3.63, 3.8) is 0 Å². The van der Waals surface area contributed by atoms with Crippen molar-refractivity contribution in [1.82, 2.24) is 5.32 Å². The molecule has 0 aliphatic carbocycles. The summed E-state index contributed by atoms with van der Waals surface area (Å²) in [4.78, 5) is 0. The van der Waals surface area contributed by atoms with Crippen LogP contribution in [0.4, 0.5) is 0 Å². The van der Waals surface area contributed by atoms with E-state index in [1.807, 2.05) is 13.0 Å². The zero-order valence-corrected chi connectivity index (χ0v) is 11.0. The van der Waals surface area contributed by atoms with Crippen LogP contribution in [-0.4, -0.2) is 13.7 Å². The van der Waals surface area contributed by atoms with E-state index in [1.165, 1.54) is 5.56 Å². The molecular weight excluding hydrogens is 222 g/mol. The standard InChI is InChI=1S/C13H18ClNO/c1-7-5-10(16-4)11(9(3)12(7)14)13-8(2)6-15-13/h5,8,13,15H,6H2,1-4H3. The fourth-order valence-electron chi connectivity index (χ4n) is 2.35. The molecule has 0 radical (unpaired) electrons. The van der Waals surface area contributed by atoms with E-state index < -0.39 is 0 Å². The molecule has 1 aliphatic rings. The van der Waals surface area contributed by atoms with Crippen molar-refractivity contribution in [2.24, 2.45) is 5.92 Å². The van der Waals surface area contributed by atoms with Crippen molar-refractivity contribution < 1.29 is 4.74 Å². The summed E-state index contributed by atoms with van der Waals surface area (Å²) in [6.45, 7) is 7.39. The molecule has 0 bridgehead atoms.